The Hall–Kier alpha value is -1.09. The van der Waals surface area contributed by atoms with Gasteiger partial charge in [0.25, 0.3) is 0 Å². The zero-order chi connectivity index (χ0) is 11.4. The molecule has 0 aliphatic carbocycles. The standard InChI is InChI=1S/C13H21N3/c1-11-3-2-7-16(8-5-11)13-4-6-15-12(9-13)10-14/h4,6,9,11H,2-3,5,7-8,10,14H2,1H3. The van der Waals surface area contributed by atoms with E-state index in [0.29, 0.717) is 6.54 Å². The number of hydrogen-bond acceptors (Lipinski definition) is 3. The van der Waals surface area contributed by atoms with Gasteiger partial charge in [0.2, 0.25) is 0 Å². The summed E-state index contributed by atoms with van der Waals surface area (Å²) < 4.78 is 0. The van der Waals surface area contributed by atoms with E-state index in [1.165, 1.54) is 31.5 Å². The Morgan fingerprint density at radius 3 is 3.12 bits per heavy atom. The quantitative estimate of drug-likeness (QED) is 0.829. The molecule has 0 radical (unpaired) electrons. The van der Waals surface area contributed by atoms with Crippen LogP contribution in [0.5, 0.6) is 0 Å². The van der Waals surface area contributed by atoms with E-state index in [0.717, 1.165) is 18.2 Å². The predicted octanol–water partition coefficient (Wildman–Crippen LogP) is 2.17. The van der Waals surface area contributed by atoms with Gasteiger partial charge in [-0.05, 0) is 37.3 Å². The Morgan fingerprint density at radius 2 is 2.31 bits per heavy atom. The van der Waals surface area contributed by atoms with Crippen LogP contribution in [0.4, 0.5) is 5.69 Å². The van der Waals surface area contributed by atoms with Crippen molar-refractivity contribution >= 4 is 5.69 Å². The zero-order valence-corrected chi connectivity index (χ0v) is 10.0. The molecule has 3 nitrogen and oxygen atoms in total. The highest BCUT2D eigenvalue weighted by Crippen LogP contribution is 2.22. The van der Waals surface area contributed by atoms with Crippen LogP contribution in [0, 0.1) is 5.92 Å². The molecular weight excluding hydrogens is 198 g/mol. The van der Waals surface area contributed by atoms with Crippen molar-refractivity contribution < 1.29 is 0 Å². The molecule has 0 saturated carbocycles. The minimum absolute atomic E-state index is 0.526. The van der Waals surface area contributed by atoms with Crippen molar-refractivity contribution in [2.45, 2.75) is 32.7 Å². The van der Waals surface area contributed by atoms with Gasteiger partial charge >= 0.3 is 0 Å². The van der Waals surface area contributed by atoms with Crippen molar-refractivity contribution in [3.63, 3.8) is 0 Å². The van der Waals surface area contributed by atoms with Crippen LogP contribution in [0.25, 0.3) is 0 Å². The summed E-state index contributed by atoms with van der Waals surface area (Å²) in [5.41, 5.74) is 7.88. The number of hydrogen-bond donors (Lipinski definition) is 1. The fourth-order valence-corrected chi connectivity index (χ4v) is 2.29. The van der Waals surface area contributed by atoms with Gasteiger partial charge in [-0.3, -0.25) is 4.98 Å². The molecule has 2 rings (SSSR count). The lowest BCUT2D eigenvalue weighted by atomic mass is 10.0. The summed E-state index contributed by atoms with van der Waals surface area (Å²) >= 11 is 0. The van der Waals surface area contributed by atoms with Crippen LogP contribution in [-0.4, -0.2) is 18.1 Å². The first kappa shape index (κ1) is 11.4. The third kappa shape index (κ3) is 2.73. The number of nitrogens with two attached hydrogens (primary N) is 1. The molecule has 0 bridgehead atoms. The summed E-state index contributed by atoms with van der Waals surface area (Å²) in [6.07, 6.45) is 5.80. The number of aromatic nitrogens is 1. The SMILES string of the molecule is CC1CCCN(c2ccnc(CN)c2)CC1. The molecule has 88 valence electrons. The van der Waals surface area contributed by atoms with E-state index >= 15 is 0 Å². The second-order valence-electron chi connectivity index (χ2n) is 4.73. The van der Waals surface area contributed by atoms with E-state index < -0.39 is 0 Å². The van der Waals surface area contributed by atoms with Crippen LogP contribution in [0.1, 0.15) is 31.9 Å². The van der Waals surface area contributed by atoms with Gasteiger partial charge in [0.15, 0.2) is 0 Å². The molecule has 2 N–H and O–H groups in total. The van der Waals surface area contributed by atoms with Crippen molar-refractivity contribution in [1.29, 1.82) is 0 Å². The molecule has 1 aromatic heterocycles. The number of rotatable bonds is 2. The summed E-state index contributed by atoms with van der Waals surface area (Å²) in [6, 6.07) is 4.21. The Morgan fingerprint density at radius 1 is 1.44 bits per heavy atom. The van der Waals surface area contributed by atoms with Gasteiger partial charge in [-0.15, -0.1) is 0 Å². The molecular formula is C13H21N3. The molecule has 0 spiro atoms. The van der Waals surface area contributed by atoms with Crippen LogP contribution in [0.3, 0.4) is 0 Å². The first-order valence-electron chi connectivity index (χ1n) is 6.19. The fourth-order valence-electron chi connectivity index (χ4n) is 2.29. The van der Waals surface area contributed by atoms with Gasteiger partial charge in [0.05, 0.1) is 5.69 Å². The van der Waals surface area contributed by atoms with Crippen LogP contribution in [-0.2, 0) is 6.54 Å². The summed E-state index contributed by atoms with van der Waals surface area (Å²) in [5.74, 6) is 0.862. The monoisotopic (exact) mass is 219 g/mol. The fraction of sp³-hybridized carbons (Fsp3) is 0.615. The largest absolute Gasteiger partial charge is 0.371 e. The maximum absolute atomic E-state index is 5.62. The molecule has 0 amide bonds. The van der Waals surface area contributed by atoms with E-state index in [-0.39, 0.29) is 0 Å². The molecule has 1 aliphatic heterocycles. The summed E-state index contributed by atoms with van der Waals surface area (Å²) in [4.78, 5) is 6.70. The van der Waals surface area contributed by atoms with E-state index in [1.807, 2.05) is 6.20 Å². The normalized spacial score (nSPS) is 21.9. The Balaban J connectivity index is 2.10. The Kier molecular flexibility index (Phi) is 3.78. The third-order valence-electron chi connectivity index (χ3n) is 3.39. The lowest BCUT2D eigenvalue weighted by molar-refractivity contribution is 0.521. The van der Waals surface area contributed by atoms with Gasteiger partial charge in [-0.2, -0.15) is 0 Å². The summed E-state index contributed by atoms with van der Waals surface area (Å²) in [5, 5.41) is 0. The van der Waals surface area contributed by atoms with Crippen molar-refractivity contribution in [2.24, 2.45) is 11.7 Å². The first-order chi connectivity index (χ1) is 7.79. The number of pyridine rings is 1. The van der Waals surface area contributed by atoms with Crippen molar-refractivity contribution in [3.05, 3.63) is 24.0 Å². The lowest BCUT2D eigenvalue weighted by Gasteiger charge is -2.23. The van der Waals surface area contributed by atoms with E-state index in [2.05, 4.69) is 28.9 Å². The van der Waals surface area contributed by atoms with Gasteiger partial charge < -0.3 is 10.6 Å². The average Bonchev–Trinajstić information content (AvgIpc) is 2.54. The molecule has 1 unspecified atom stereocenters. The maximum atomic E-state index is 5.62. The highest BCUT2D eigenvalue weighted by molar-refractivity contribution is 5.46. The molecule has 1 atom stereocenters. The van der Waals surface area contributed by atoms with E-state index in [1.54, 1.807) is 0 Å². The van der Waals surface area contributed by atoms with Crippen LogP contribution in [0.15, 0.2) is 18.3 Å². The second-order valence-corrected chi connectivity index (χ2v) is 4.73. The zero-order valence-electron chi connectivity index (χ0n) is 10.0. The smallest absolute Gasteiger partial charge is 0.0560 e. The van der Waals surface area contributed by atoms with Gasteiger partial charge in [0, 0.05) is 31.5 Å². The Labute approximate surface area is 97.7 Å². The van der Waals surface area contributed by atoms with Crippen molar-refractivity contribution in [2.75, 3.05) is 18.0 Å². The lowest BCUT2D eigenvalue weighted by Crippen LogP contribution is -2.24. The topological polar surface area (TPSA) is 42.2 Å². The molecule has 16 heavy (non-hydrogen) atoms. The second kappa shape index (κ2) is 5.30. The minimum Gasteiger partial charge on any atom is -0.371 e. The van der Waals surface area contributed by atoms with Gasteiger partial charge in [-0.1, -0.05) is 6.92 Å². The molecule has 2 heterocycles. The molecule has 1 fully saturated rings. The molecule has 0 aromatic carbocycles. The predicted molar refractivity (Wildman–Crippen MR) is 67.4 cm³/mol. The summed E-state index contributed by atoms with van der Waals surface area (Å²) in [6.45, 7) is 5.20. The van der Waals surface area contributed by atoms with Gasteiger partial charge in [-0.25, -0.2) is 0 Å². The van der Waals surface area contributed by atoms with Crippen LogP contribution >= 0.6 is 0 Å². The maximum Gasteiger partial charge on any atom is 0.0560 e. The van der Waals surface area contributed by atoms with E-state index in [4.69, 9.17) is 5.73 Å². The minimum atomic E-state index is 0.526. The molecule has 3 heteroatoms. The van der Waals surface area contributed by atoms with Crippen molar-refractivity contribution in [1.82, 2.24) is 4.98 Å². The first-order valence-corrected chi connectivity index (χ1v) is 6.19. The van der Waals surface area contributed by atoms with Crippen LogP contribution < -0.4 is 10.6 Å². The van der Waals surface area contributed by atoms with Crippen LogP contribution in [0.2, 0.25) is 0 Å². The molecule has 1 saturated heterocycles. The van der Waals surface area contributed by atoms with Crippen molar-refractivity contribution in [3.8, 4) is 0 Å². The number of anilines is 1. The summed E-state index contributed by atoms with van der Waals surface area (Å²) in [7, 11) is 0. The highest BCUT2D eigenvalue weighted by Gasteiger charge is 2.14. The third-order valence-corrected chi connectivity index (χ3v) is 3.39. The molecule has 1 aromatic rings. The Bertz CT molecular complexity index is 338. The average molecular weight is 219 g/mol. The van der Waals surface area contributed by atoms with E-state index in [9.17, 15) is 0 Å². The van der Waals surface area contributed by atoms with Gasteiger partial charge in [0.1, 0.15) is 0 Å². The highest BCUT2D eigenvalue weighted by atomic mass is 15.1. The number of nitrogens with zero attached hydrogens (tertiary/aromatic N) is 2. The molecule has 1 aliphatic rings.